The number of fused-ring (bicyclic) bond motifs is 2. The van der Waals surface area contributed by atoms with Crippen molar-refractivity contribution >= 4 is 33.9 Å². The van der Waals surface area contributed by atoms with Crippen LogP contribution in [0.5, 0.6) is 5.75 Å². The van der Waals surface area contributed by atoms with Crippen LogP contribution in [0.1, 0.15) is 94.7 Å². The highest BCUT2D eigenvalue weighted by atomic mass is 32.1. The lowest BCUT2D eigenvalue weighted by Crippen LogP contribution is -2.61. The first-order valence-electron chi connectivity index (χ1n) is 15.4. The molecule has 7 rings (SSSR count). The molecule has 0 unspecified atom stereocenters. The highest BCUT2D eigenvalue weighted by Gasteiger charge is 2.51. The number of hydrogen-bond donors (Lipinski definition) is 3. The van der Waals surface area contributed by atoms with Crippen LogP contribution in [0, 0.1) is 17.8 Å². The molecule has 1 aromatic heterocycles. The molecule has 38 heavy (non-hydrogen) atoms. The topological polar surface area (TPSA) is 58.2 Å². The fourth-order valence-corrected chi connectivity index (χ4v) is 8.79. The normalized spacial score (nSPS) is 27.2. The number of ether oxygens (including phenoxy) is 1. The summed E-state index contributed by atoms with van der Waals surface area (Å²) in [5.41, 5.74) is 5.42. The van der Waals surface area contributed by atoms with Gasteiger partial charge in [-0.2, -0.15) is 0 Å². The summed E-state index contributed by atoms with van der Waals surface area (Å²) >= 11 is 5.72. The number of nitrogens with zero attached hydrogens (tertiary/aromatic N) is 1. The third kappa shape index (κ3) is 5.76. The molecule has 1 heterocycles. The minimum absolute atomic E-state index is 0.316. The molecule has 4 fully saturated rings. The van der Waals surface area contributed by atoms with Crippen molar-refractivity contribution in [2.45, 2.75) is 102 Å². The van der Waals surface area contributed by atoms with Gasteiger partial charge in [0, 0.05) is 35.4 Å². The van der Waals surface area contributed by atoms with Gasteiger partial charge in [0.2, 0.25) is 0 Å². The molecule has 6 heteroatoms. The first-order chi connectivity index (χ1) is 18.6. The summed E-state index contributed by atoms with van der Waals surface area (Å²) in [6, 6.07) is 6.27. The van der Waals surface area contributed by atoms with Gasteiger partial charge in [0.25, 0.3) is 0 Å². The maximum absolute atomic E-state index is 5.72. The molecule has 3 N–H and O–H groups in total. The Morgan fingerprint density at radius 2 is 1.63 bits per heavy atom. The molecule has 0 spiro atoms. The Labute approximate surface area is 234 Å². The van der Waals surface area contributed by atoms with E-state index in [-0.39, 0.29) is 0 Å². The van der Waals surface area contributed by atoms with Gasteiger partial charge < -0.3 is 20.7 Å². The molecule has 0 radical (unpaired) electrons. The molecule has 4 saturated carbocycles. The monoisotopic (exact) mass is 534 g/mol. The number of aryl methyl sites for hydroxylation is 1. The number of thiocarbonyl (C=S) groups is 1. The van der Waals surface area contributed by atoms with Gasteiger partial charge in [-0.05, 0) is 131 Å². The number of benzene rings is 1. The Kier molecular flexibility index (Phi) is 7.97. The average Bonchev–Trinajstić information content (AvgIpc) is 2.90. The predicted molar refractivity (Wildman–Crippen MR) is 161 cm³/mol. The van der Waals surface area contributed by atoms with E-state index in [1.54, 1.807) is 7.11 Å². The van der Waals surface area contributed by atoms with Crippen LogP contribution in [0.15, 0.2) is 18.2 Å². The smallest absolute Gasteiger partial charge is 0.166 e. The van der Waals surface area contributed by atoms with E-state index in [0.717, 1.165) is 60.1 Å². The van der Waals surface area contributed by atoms with Crippen LogP contribution in [-0.2, 0) is 12.8 Å². The van der Waals surface area contributed by atoms with Crippen LogP contribution in [0.2, 0.25) is 0 Å². The Hall–Kier alpha value is -2.08. The highest BCUT2D eigenvalue weighted by Crippen LogP contribution is 2.55. The largest absolute Gasteiger partial charge is 0.497 e. The molecule has 1 aromatic carbocycles. The van der Waals surface area contributed by atoms with Crippen molar-refractivity contribution in [2.75, 3.05) is 25.5 Å². The third-order valence-corrected chi connectivity index (χ3v) is 10.1. The number of methoxy groups -OCH3 is 1. The Morgan fingerprint density at radius 1 is 0.947 bits per heavy atom. The number of nitrogens with one attached hydrogen (secondary N) is 3. The summed E-state index contributed by atoms with van der Waals surface area (Å²) < 4.78 is 5.51. The summed E-state index contributed by atoms with van der Waals surface area (Å²) in [6.45, 7) is 2.01. The van der Waals surface area contributed by atoms with Crippen LogP contribution in [0.4, 0.5) is 5.69 Å². The van der Waals surface area contributed by atoms with Crippen LogP contribution in [0.3, 0.4) is 0 Å². The lowest BCUT2D eigenvalue weighted by molar-refractivity contribution is -0.0101. The van der Waals surface area contributed by atoms with Crippen molar-refractivity contribution in [3.8, 4) is 5.75 Å². The minimum atomic E-state index is 0.316. The maximum atomic E-state index is 5.72. The fraction of sp³-hybridized carbons (Fsp3) is 0.688. The van der Waals surface area contributed by atoms with Gasteiger partial charge in [0.1, 0.15) is 5.75 Å². The van der Waals surface area contributed by atoms with E-state index in [1.807, 2.05) is 6.07 Å². The van der Waals surface area contributed by atoms with Gasteiger partial charge in [-0.3, -0.25) is 4.98 Å². The maximum Gasteiger partial charge on any atom is 0.166 e. The van der Waals surface area contributed by atoms with E-state index in [2.05, 4.69) is 28.1 Å². The van der Waals surface area contributed by atoms with Crippen LogP contribution in [-0.4, -0.2) is 35.8 Å². The van der Waals surface area contributed by atoms with E-state index in [0.29, 0.717) is 5.54 Å². The standard InChI is InChI=1S/C32H46N4OS/c1-37-25-11-12-29-27(18-25)30(26-9-5-6-10-28(26)35-29)33-13-7-3-2-4-8-14-34-31(38)36-32-19-22-15-23(20-32)17-24(16-22)21-32/h11-12,18,22-24H,2-10,13-17,19-21H2,1H3,(H,33,35)(H2,34,36,38). The second kappa shape index (κ2) is 11.6. The Morgan fingerprint density at radius 3 is 2.37 bits per heavy atom. The SMILES string of the molecule is COc1ccc2nc3c(c(NCCCCCCCNC(=S)NC45CC6CC(CC(C6)C4)C5)c2c1)CCCC3. The quantitative estimate of drug-likeness (QED) is 0.215. The van der Waals surface area contributed by atoms with Crippen molar-refractivity contribution in [2.24, 2.45) is 17.8 Å². The number of anilines is 1. The number of rotatable bonds is 11. The first-order valence-corrected chi connectivity index (χ1v) is 15.8. The van der Waals surface area contributed by atoms with E-state index < -0.39 is 0 Å². The molecule has 2 aromatic rings. The molecule has 4 bridgehead atoms. The number of aromatic nitrogens is 1. The molecule has 206 valence electrons. The lowest BCUT2D eigenvalue weighted by Gasteiger charge is -2.57. The minimum Gasteiger partial charge on any atom is -0.497 e. The Balaban J connectivity index is 0.904. The molecule has 5 aliphatic rings. The Bertz CT molecular complexity index is 1110. The van der Waals surface area contributed by atoms with E-state index >= 15 is 0 Å². The van der Waals surface area contributed by atoms with Crippen molar-refractivity contribution in [3.05, 3.63) is 29.5 Å². The summed E-state index contributed by atoms with van der Waals surface area (Å²) in [5.74, 6) is 3.77. The van der Waals surface area contributed by atoms with Crippen LogP contribution >= 0.6 is 12.2 Å². The van der Waals surface area contributed by atoms with E-state index in [1.165, 1.54) is 106 Å². The number of hydrogen-bond acceptors (Lipinski definition) is 4. The van der Waals surface area contributed by atoms with E-state index in [4.69, 9.17) is 21.9 Å². The van der Waals surface area contributed by atoms with Gasteiger partial charge in [0.15, 0.2) is 5.11 Å². The predicted octanol–water partition coefficient (Wildman–Crippen LogP) is 6.92. The fourth-order valence-electron chi connectivity index (χ4n) is 8.48. The summed E-state index contributed by atoms with van der Waals surface area (Å²) in [4.78, 5) is 4.99. The molecule has 5 nitrogen and oxygen atoms in total. The number of unbranched alkanes of at least 4 members (excludes halogenated alkanes) is 4. The summed E-state index contributed by atoms with van der Waals surface area (Å²) in [6.07, 6.45) is 19.4. The van der Waals surface area contributed by atoms with Gasteiger partial charge in [-0.1, -0.05) is 19.3 Å². The van der Waals surface area contributed by atoms with Crippen molar-refractivity contribution < 1.29 is 4.74 Å². The highest BCUT2D eigenvalue weighted by molar-refractivity contribution is 7.80. The third-order valence-electron chi connectivity index (χ3n) is 9.83. The molecular formula is C32H46N4OS. The second-order valence-electron chi connectivity index (χ2n) is 12.8. The van der Waals surface area contributed by atoms with E-state index in [9.17, 15) is 0 Å². The zero-order chi connectivity index (χ0) is 26.0. The zero-order valence-corrected chi connectivity index (χ0v) is 24.1. The van der Waals surface area contributed by atoms with Crippen LogP contribution < -0.4 is 20.7 Å². The molecule has 0 aliphatic heterocycles. The molecular weight excluding hydrogens is 488 g/mol. The second-order valence-corrected chi connectivity index (χ2v) is 13.2. The summed E-state index contributed by atoms with van der Waals surface area (Å²) in [7, 11) is 1.74. The van der Waals surface area contributed by atoms with Crippen LogP contribution in [0.25, 0.3) is 10.9 Å². The lowest BCUT2D eigenvalue weighted by atomic mass is 9.53. The van der Waals surface area contributed by atoms with Gasteiger partial charge in [-0.15, -0.1) is 0 Å². The molecule has 0 saturated heterocycles. The molecule has 5 aliphatic carbocycles. The van der Waals surface area contributed by atoms with Gasteiger partial charge in [0.05, 0.1) is 12.6 Å². The molecule has 0 amide bonds. The van der Waals surface area contributed by atoms with Crippen molar-refractivity contribution in [1.29, 1.82) is 0 Å². The summed E-state index contributed by atoms with van der Waals surface area (Å²) in [5, 5.41) is 13.2. The van der Waals surface area contributed by atoms with Crippen molar-refractivity contribution in [3.63, 3.8) is 0 Å². The first kappa shape index (κ1) is 26.2. The average molecular weight is 535 g/mol. The van der Waals surface area contributed by atoms with Crippen molar-refractivity contribution in [1.82, 2.24) is 15.6 Å². The zero-order valence-electron chi connectivity index (χ0n) is 23.2. The van der Waals surface area contributed by atoms with Gasteiger partial charge >= 0.3 is 0 Å². The number of pyridine rings is 1. The molecule has 0 atom stereocenters. The van der Waals surface area contributed by atoms with Gasteiger partial charge in [-0.25, -0.2) is 0 Å².